The summed E-state index contributed by atoms with van der Waals surface area (Å²) >= 11 is 0. The Morgan fingerprint density at radius 2 is 1.42 bits per heavy atom. The molecule has 0 saturated heterocycles. The van der Waals surface area contributed by atoms with Crippen LogP contribution in [0, 0.1) is 29.4 Å². The summed E-state index contributed by atoms with van der Waals surface area (Å²) in [7, 11) is 1.22. The molecule has 306 valence electrons. The van der Waals surface area contributed by atoms with Gasteiger partial charge < -0.3 is 9.47 Å². The molecule has 1 saturated carbocycles. The molecule has 1 aliphatic carbocycles. The van der Waals surface area contributed by atoms with E-state index in [4.69, 9.17) is 4.74 Å². The zero-order valence-electron chi connectivity index (χ0n) is 35.3. The van der Waals surface area contributed by atoms with Gasteiger partial charge in [-0.3, -0.25) is 0 Å². The van der Waals surface area contributed by atoms with Gasteiger partial charge in [-0.25, -0.2) is 8.78 Å². The number of rotatable bonds is 19. The van der Waals surface area contributed by atoms with Crippen molar-refractivity contribution in [2.75, 3.05) is 13.7 Å². The van der Waals surface area contributed by atoms with Crippen LogP contribution in [-0.2, 0) is 4.74 Å². The second-order valence-electron chi connectivity index (χ2n) is 14.9. The summed E-state index contributed by atoms with van der Waals surface area (Å²) in [5.41, 5.74) is 3.39. The van der Waals surface area contributed by atoms with Crippen LogP contribution >= 0.6 is 0 Å². The van der Waals surface area contributed by atoms with Gasteiger partial charge in [0, 0.05) is 11.1 Å². The lowest BCUT2D eigenvalue weighted by atomic mass is 9.77. The number of unbranched alkanes of at least 4 members (excludes halogenated alkanes) is 1. The Kier molecular flexibility index (Phi) is 24.1. The van der Waals surface area contributed by atoms with E-state index in [9.17, 15) is 17.6 Å². The van der Waals surface area contributed by atoms with Crippen molar-refractivity contribution < 1.29 is 27.0 Å². The van der Waals surface area contributed by atoms with Crippen molar-refractivity contribution in [1.82, 2.24) is 0 Å². The molecule has 2 aromatic rings. The van der Waals surface area contributed by atoms with Crippen LogP contribution in [0.4, 0.5) is 17.6 Å². The van der Waals surface area contributed by atoms with Gasteiger partial charge in [0.2, 0.25) is 11.6 Å². The fraction of sp³-hybridized carbons (Fsp3) is 0.510. The Morgan fingerprint density at radius 3 is 1.96 bits per heavy atom. The van der Waals surface area contributed by atoms with Gasteiger partial charge in [0.05, 0.1) is 13.7 Å². The lowest BCUT2D eigenvalue weighted by Gasteiger charge is -2.29. The van der Waals surface area contributed by atoms with E-state index in [0.29, 0.717) is 29.9 Å². The smallest absolute Gasteiger partial charge is 0.201 e. The third-order valence-electron chi connectivity index (χ3n) is 10.3. The molecule has 1 fully saturated rings. The van der Waals surface area contributed by atoms with Gasteiger partial charge in [-0.1, -0.05) is 155 Å². The molecular formula is C49H70F4O2. The summed E-state index contributed by atoms with van der Waals surface area (Å²) in [6.07, 6.45) is 17.8. The molecule has 3 rings (SSSR count). The molecule has 0 heterocycles. The largest absolute Gasteiger partial charge is 0.494 e. The van der Waals surface area contributed by atoms with Gasteiger partial charge in [-0.2, -0.15) is 8.78 Å². The van der Waals surface area contributed by atoms with Crippen molar-refractivity contribution in [3.05, 3.63) is 126 Å². The maximum Gasteiger partial charge on any atom is 0.201 e. The fourth-order valence-corrected chi connectivity index (χ4v) is 6.17. The van der Waals surface area contributed by atoms with Gasteiger partial charge in [-0.15, -0.1) is 0 Å². The van der Waals surface area contributed by atoms with E-state index in [0.717, 1.165) is 37.2 Å². The minimum atomic E-state index is -1.17. The number of benzene rings is 2. The topological polar surface area (TPSA) is 18.5 Å². The molecule has 55 heavy (non-hydrogen) atoms. The molecule has 2 nitrogen and oxygen atoms in total. The third-order valence-corrected chi connectivity index (χ3v) is 10.3. The first-order valence-electron chi connectivity index (χ1n) is 20.5. The number of allylic oxidation sites excluding steroid dienone is 7. The number of halogens is 4. The van der Waals surface area contributed by atoms with Gasteiger partial charge in [0.15, 0.2) is 17.4 Å². The van der Waals surface area contributed by atoms with Crippen LogP contribution < -0.4 is 4.74 Å². The number of hydrogen-bond acceptors (Lipinski definition) is 2. The summed E-state index contributed by atoms with van der Waals surface area (Å²) in [5, 5.41) is 0. The molecule has 0 bridgehead atoms. The Morgan fingerprint density at radius 1 is 0.800 bits per heavy atom. The molecule has 1 aliphatic rings. The van der Waals surface area contributed by atoms with E-state index in [2.05, 4.69) is 84.7 Å². The molecular weight excluding hydrogens is 697 g/mol. The van der Waals surface area contributed by atoms with E-state index in [-0.39, 0.29) is 28.2 Å². The highest BCUT2D eigenvalue weighted by Gasteiger charge is 2.23. The second kappa shape index (κ2) is 26.9. The molecule has 2 unspecified atom stereocenters. The van der Waals surface area contributed by atoms with Crippen molar-refractivity contribution in [3.63, 3.8) is 0 Å². The quantitative estimate of drug-likeness (QED) is 0.0805. The predicted molar refractivity (Wildman–Crippen MR) is 228 cm³/mol. The number of ether oxygens (including phenoxy) is 2. The predicted octanol–water partition coefficient (Wildman–Crippen LogP) is 16.3. The third kappa shape index (κ3) is 16.8. The number of hydrogen-bond donors (Lipinski definition) is 0. The summed E-state index contributed by atoms with van der Waals surface area (Å²) < 4.78 is 66.3. The zero-order chi connectivity index (χ0) is 41.5. The molecule has 0 radical (unpaired) electrons. The van der Waals surface area contributed by atoms with Gasteiger partial charge in [0.1, 0.15) is 5.76 Å². The Labute approximate surface area is 332 Å². The summed E-state index contributed by atoms with van der Waals surface area (Å²) in [6.45, 7) is 29.9. The van der Waals surface area contributed by atoms with Crippen molar-refractivity contribution in [2.24, 2.45) is 17.8 Å². The van der Waals surface area contributed by atoms with E-state index in [1.54, 1.807) is 18.2 Å². The van der Waals surface area contributed by atoms with E-state index in [1.165, 1.54) is 70.1 Å². The molecule has 0 N–H and O–H groups in total. The molecule has 0 aliphatic heterocycles. The molecule has 2 aromatic carbocycles. The van der Waals surface area contributed by atoms with Crippen LogP contribution in [0.3, 0.4) is 0 Å². The van der Waals surface area contributed by atoms with E-state index >= 15 is 0 Å². The van der Waals surface area contributed by atoms with Gasteiger partial charge >= 0.3 is 0 Å². The minimum absolute atomic E-state index is 0.0143. The van der Waals surface area contributed by atoms with Crippen LogP contribution in [0.5, 0.6) is 5.75 Å². The zero-order valence-corrected chi connectivity index (χ0v) is 35.3. The summed E-state index contributed by atoms with van der Waals surface area (Å²) in [5.74, 6) is -1.92. The second-order valence-corrected chi connectivity index (χ2v) is 14.9. The molecule has 0 amide bonds. The van der Waals surface area contributed by atoms with Crippen LogP contribution in [0.25, 0.3) is 11.1 Å². The minimum Gasteiger partial charge on any atom is -0.494 e. The van der Waals surface area contributed by atoms with Crippen LogP contribution in [0.1, 0.15) is 137 Å². The number of methoxy groups -OCH3 is 1. The average molecular weight is 767 g/mol. The monoisotopic (exact) mass is 767 g/mol. The normalized spacial score (nSPS) is 16.7. The van der Waals surface area contributed by atoms with Crippen molar-refractivity contribution in [2.45, 2.75) is 131 Å². The Bertz CT molecular complexity index is 1540. The van der Waals surface area contributed by atoms with Gasteiger partial charge in [0.25, 0.3) is 0 Å². The first kappa shape index (κ1) is 49.2. The lowest BCUT2D eigenvalue weighted by Crippen LogP contribution is -2.13. The van der Waals surface area contributed by atoms with Crippen LogP contribution in [-0.4, -0.2) is 13.7 Å². The Balaban J connectivity index is 0.000000520. The highest BCUT2D eigenvalue weighted by molar-refractivity contribution is 5.65. The average Bonchev–Trinajstić information content (AvgIpc) is 3.20. The molecule has 0 spiro atoms. The highest BCUT2D eigenvalue weighted by Crippen LogP contribution is 2.39. The van der Waals surface area contributed by atoms with Crippen molar-refractivity contribution in [1.29, 1.82) is 0 Å². The first-order chi connectivity index (χ1) is 26.2. The van der Waals surface area contributed by atoms with Crippen molar-refractivity contribution in [3.8, 4) is 16.9 Å². The molecule has 2 atom stereocenters. The summed E-state index contributed by atoms with van der Waals surface area (Å²) in [4.78, 5) is 0. The standard InChI is InChI=1S/C25H32F2O.C21H30F2O.C3H8/c1-3-5-6-18-7-9-19(10-8-18)20-11-13-21(14-12-20)22-15-16-23(28-17-4-2)25(27)24(22)26;1-9-14(2)10-11-15(3)16(4)12-13-17(5)18(6)20(22)21(23)19(7)24-8;1-3-2/h11-16,18-19H,3-10,17H2,1-2H3;12-15H,4-7,9-11H2,1-3,8H3;3H2,1-2H3/b;13-12-,21-20-;. The first-order valence-corrected chi connectivity index (χ1v) is 20.5. The SMILES string of the molecule is C=C(/C=C\C(=C)C(C)CCC(C)CC)C(=C)/C(F)=C(/F)C(=C)OC.CCC.CCCCC1CCC(c2ccc(-c3ccc(OCCC)c(F)c3F)cc2)CC1. The van der Waals surface area contributed by atoms with Crippen LogP contribution in [0.15, 0.2) is 109 Å². The molecule has 6 heteroatoms. The highest BCUT2D eigenvalue weighted by atomic mass is 19.2. The maximum atomic E-state index is 14.5. The van der Waals surface area contributed by atoms with E-state index in [1.807, 2.05) is 19.1 Å². The van der Waals surface area contributed by atoms with Crippen molar-refractivity contribution >= 4 is 0 Å². The molecule has 0 aromatic heterocycles. The summed E-state index contributed by atoms with van der Waals surface area (Å²) in [6, 6.07) is 11.1. The lowest BCUT2D eigenvalue weighted by molar-refractivity contribution is 0.281. The van der Waals surface area contributed by atoms with Crippen LogP contribution in [0.2, 0.25) is 0 Å². The van der Waals surface area contributed by atoms with Gasteiger partial charge in [-0.05, 0) is 91.0 Å². The fourth-order valence-electron chi connectivity index (χ4n) is 6.17. The van der Waals surface area contributed by atoms with E-state index < -0.39 is 23.3 Å². The maximum absolute atomic E-state index is 14.5. The Hall–Kier alpha value is -3.80.